The first-order chi connectivity index (χ1) is 7.83. The molecule has 16 heavy (non-hydrogen) atoms. The summed E-state index contributed by atoms with van der Waals surface area (Å²) in [6.07, 6.45) is 4.94. The van der Waals surface area contributed by atoms with Gasteiger partial charge in [0.15, 0.2) is 0 Å². The van der Waals surface area contributed by atoms with E-state index in [0.717, 1.165) is 13.0 Å². The number of benzene rings is 1. The van der Waals surface area contributed by atoms with Crippen molar-refractivity contribution in [1.29, 1.82) is 5.26 Å². The molecule has 0 aromatic heterocycles. The smallest absolute Gasteiger partial charge is 0.255 e. The summed E-state index contributed by atoms with van der Waals surface area (Å²) in [4.78, 5) is 13.9. The molecule has 0 atom stereocenters. The van der Waals surface area contributed by atoms with Gasteiger partial charge in [0.1, 0.15) is 0 Å². The van der Waals surface area contributed by atoms with Crippen LogP contribution in [0.5, 0.6) is 0 Å². The van der Waals surface area contributed by atoms with Crippen LogP contribution in [0.2, 0.25) is 0 Å². The molecule has 1 amide bonds. The van der Waals surface area contributed by atoms with Gasteiger partial charge in [0.25, 0.3) is 5.91 Å². The fraction of sp³-hybridized carbons (Fsp3) is 0.231. The van der Waals surface area contributed by atoms with Crippen LogP contribution >= 0.6 is 0 Å². The fourth-order valence-electron chi connectivity index (χ4n) is 1.76. The van der Waals surface area contributed by atoms with E-state index in [1.165, 1.54) is 0 Å². The van der Waals surface area contributed by atoms with Crippen molar-refractivity contribution in [3.8, 4) is 6.07 Å². The highest BCUT2D eigenvalue weighted by Crippen LogP contribution is 2.12. The predicted molar refractivity (Wildman–Crippen MR) is 60.8 cm³/mol. The zero-order chi connectivity index (χ0) is 11.4. The Labute approximate surface area is 94.6 Å². The second-order valence-electron chi connectivity index (χ2n) is 3.67. The van der Waals surface area contributed by atoms with Crippen LogP contribution in [0, 0.1) is 11.3 Å². The summed E-state index contributed by atoms with van der Waals surface area (Å²) < 4.78 is 0. The van der Waals surface area contributed by atoms with Gasteiger partial charge < -0.3 is 4.90 Å². The summed E-state index contributed by atoms with van der Waals surface area (Å²) >= 11 is 0. The SMILES string of the molecule is N#Cc1ccccc1C(=O)N1CC=CCC1. The lowest BCUT2D eigenvalue weighted by molar-refractivity contribution is 0.0770. The summed E-state index contributed by atoms with van der Waals surface area (Å²) in [5.41, 5.74) is 0.947. The number of carbonyl (C=O) groups is 1. The molecule has 0 radical (unpaired) electrons. The van der Waals surface area contributed by atoms with E-state index in [2.05, 4.69) is 12.1 Å². The van der Waals surface area contributed by atoms with E-state index in [0.29, 0.717) is 17.7 Å². The van der Waals surface area contributed by atoms with Gasteiger partial charge in [-0.2, -0.15) is 5.26 Å². The molecule has 0 N–H and O–H groups in total. The molecule has 0 bridgehead atoms. The van der Waals surface area contributed by atoms with E-state index in [1.54, 1.807) is 29.2 Å². The number of nitrogens with zero attached hydrogens (tertiary/aromatic N) is 2. The number of hydrogen-bond donors (Lipinski definition) is 0. The molecule has 3 nitrogen and oxygen atoms in total. The largest absolute Gasteiger partial charge is 0.335 e. The molecule has 1 heterocycles. The molecule has 3 heteroatoms. The fourth-order valence-corrected chi connectivity index (χ4v) is 1.76. The first-order valence-electron chi connectivity index (χ1n) is 5.26. The lowest BCUT2D eigenvalue weighted by Gasteiger charge is -2.23. The Hall–Kier alpha value is -2.08. The van der Waals surface area contributed by atoms with Crippen molar-refractivity contribution in [3.63, 3.8) is 0 Å². The van der Waals surface area contributed by atoms with Crippen molar-refractivity contribution >= 4 is 5.91 Å². The Morgan fingerprint density at radius 1 is 1.31 bits per heavy atom. The van der Waals surface area contributed by atoms with Gasteiger partial charge in [-0.3, -0.25) is 4.79 Å². The zero-order valence-electron chi connectivity index (χ0n) is 8.89. The van der Waals surface area contributed by atoms with Crippen molar-refractivity contribution in [3.05, 3.63) is 47.5 Å². The molecule has 80 valence electrons. The predicted octanol–water partition coefficient (Wildman–Crippen LogP) is 1.96. The van der Waals surface area contributed by atoms with Gasteiger partial charge in [0.05, 0.1) is 17.2 Å². The van der Waals surface area contributed by atoms with Gasteiger partial charge in [0.2, 0.25) is 0 Å². The molecule has 1 aliphatic rings. The quantitative estimate of drug-likeness (QED) is 0.668. The number of hydrogen-bond acceptors (Lipinski definition) is 2. The monoisotopic (exact) mass is 212 g/mol. The van der Waals surface area contributed by atoms with Crippen LogP contribution in [0.1, 0.15) is 22.3 Å². The number of amides is 1. The molecule has 1 aromatic rings. The normalized spacial score (nSPS) is 14.6. The van der Waals surface area contributed by atoms with Gasteiger partial charge in [-0.15, -0.1) is 0 Å². The molecule has 2 rings (SSSR count). The van der Waals surface area contributed by atoms with Crippen molar-refractivity contribution in [2.75, 3.05) is 13.1 Å². The van der Waals surface area contributed by atoms with Gasteiger partial charge in [-0.05, 0) is 18.6 Å². The Balaban J connectivity index is 2.27. The highest BCUT2D eigenvalue weighted by Gasteiger charge is 2.18. The molecular formula is C13H12N2O. The van der Waals surface area contributed by atoms with Crippen LogP contribution in [-0.2, 0) is 0 Å². The maximum absolute atomic E-state index is 12.1. The highest BCUT2D eigenvalue weighted by atomic mass is 16.2. The van der Waals surface area contributed by atoms with E-state index in [4.69, 9.17) is 5.26 Å². The number of rotatable bonds is 1. The van der Waals surface area contributed by atoms with Crippen LogP contribution in [-0.4, -0.2) is 23.9 Å². The second-order valence-corrected chi connectivity index (χ2v) is 3.67. The Morgan fingerprint density at radius 2 is 2.12 bits per heavy atom. The van der Waals surface area contributed by atoms with Crippen LogP contribution in [0.25, 0.3) is 0 Å². The molecule has 0 unspecified atom stereocenters. The van der Waals surface area contributed by atoms with Crippen LogP contribution in [0.3, 0.4) is 0 Å². The van der Waals surface area contributed by atoms with E-state index < -0.39 is 0 Å². The summed E-state index contributed by atoms with van der Waals surface area (Å²) in [7, 11) is 0. The zero-order valence-corrected chi connectivity index (χ0v) is 8.89. The van der Waals surface area contributed by atoms with Gasteiger partial charge in [-0.1, -0.05) is 24.3 Å². The molecule has 0 fully saturated rings. The average molecular weight is 212 g/mol. The Morgan fingerprint density at radius 3 is 2.81 bits per heavy atom. The first kappa shape index (κ1) is 10.4. The van der Waals surface area contributed by atoms with Crippen molar-refractivity contribution in [1.82, 2.24) is 4.90 Å². The third kappa shape index (κ3) is 1.96. The molecule has 1 aliphatic heterocycles. The van der Waals surface area contributed by atoms with Gasteiger partial charge >= 0.3 is 0 Å². The summed E-state index contributed by atoms with van der Waals surface area (Å²) in [6.45, 7) is 1.37. The average Bonchev–Trinajstić information content (AvgIpc) is 2.39. The molecule has 1 aromatic carbocycles. The molecule has 0 saturated heterocycles. The molecule has 0 spiro atoms. The van der Waals surface area contributed by atoms with Crippen molar-refractivity contribution in [2.45, 2.75) is 6.42 Å². The van der Waals surface area contributed by atoms with Gasteiger partial charge in [0, 0.05) is 13.1 Å². The summed E-state index contributed by atoms with van der Waals surface area (Å²) in [5, 5.41) is 8.93. The van der Waals surface area contributed by atoms with Crippen LogP contribution in [0.15, 0.2) is 36.4 Å². The standard InChI is InChI=1S/C13H12N2O/c14-10-11-6-2-3-7-12(11)13(16)15-8-4-1-5-9-15/h1-4,6-7H,5,8-9H2. The molecular weight excluding hydrogens is 200 g/mol. The minimum Gasteiger partial charge on any atom is -0.335 e. The van der Waals surface area contributed by atoms with Crippen molar-refractivity contribution < 1.29 is 4.79 Å². The Kier molecular flexibility index (Phi) is 3.02. The first-order valence-corrected chi connectivity index (χ1v) is 5.26. The minimum absolute atomic E-state index is 0.0542. The van der Waals surface area contributed by atoms with E-state index in [9.17, 15) is 4.79 Å². The summed E-state index contributed by atoms with van der Waals surface area (Å²) in [6, 6.07) is 8.99. The molecule has 0 aliphatic carbocycles. The Bertz CT molecular complexity index is 471. The topological polar surface area (TPSA) is 44.1 Å². The van der Waals surface area contributed by atoms with E-state index in [1.807, 2.05) is 6.08 Å². The number of carbonyl (C=O) groups excluding carboxylic acids is 1. The second kappa shape index (κ2) is 4.63. The van der Waals surface area contributed by atoms with Crippen LogP contribution < -0.4 is 0 Å². The van der Waals surface area contributed by atoms with E-state index in [-0.39, 0.29) is 5.91 Å². The third-order valence-electron chi connectivity index (χ3n) is 2.62. The van der Waals surface area contributed by atoms with Gasteiger partial charge in [-0.25, -0.2) is 0 Å². The lowest BCUT2D eigenvalue weighted by atomic mass is 10.1. The minimum atomic E-state index is -0.0542. The summed E-state index contributed by atoms with van der Waals surface area (Å²) in [5.74, 6) is -0.0542. The van der Waals surface area contributed by atoms with Crippen LogP contribution in [0.4, 0.5) is 0 Å². The third-order valence-corrected chi connectivity index (χ3v) is 2.62. The molecule has 0 saturated carbocycles. The maximum Gasteiger partial charge on any atom is 0.255 e. The lowest BCUT2D eigenvalue weighted by Crippen LogP contribution is -2.34. The highest BCUT2D eigenvalue weighted by molar-refractivity contribution is 5.96. The maximum atomic E-state index is 12.1. The van der Waals surface area contributed by atoms with E-state index >= 15 is 0 Å². The van der Waals surface area contributed by atoms with Crippen molar-refractivity contribution in [2.24, 2.45) is 0 Å². The number of nitriles is 1.